The Labute approximate surface area is 128 Å². The van der Waals surface area contributed by atoms with Crippen LogP contribution in [-0.2, 0) is 6.54 Å². The quantitative estimate of drug-likeness (QED) is 0.859. The molecule has 0 fully saturated rings. The summed E-state index contributed by atoms with van der Waals surface area (Å²) in [6, 6.07) is 6.10. The molecule has 0 atom stereocenters. The zero-order chi connectivity index (χ0) is 15.4. The first-order chi connectivity index (χ1) is 10.0. The van der Waals surface area contributed by atoms with Gasteiger partial charge in [0, 0.05) is 35.8 Å². The Kier molecular flexibility index (Phi) is 5.15. The SMILES string of the molecule is CCCNCc1cn(-c2ccc(F)c(Cl)c2)c(C)cc1=O. The van der Waals surface area contributed by atoms with E-state index in [2.05, 4.69) is 12.2 Å². The van der Waals surface area contributed by atoms with E-state index in [0.717, 1.165) is 24.3 Å². The molecule has 0 saturated carbocycles. The molecule has 1 aromatic carbocycles. The van der Waals surface area contributed by atoms with Crippen LogP contribution in [0.1, 0.15) is 24.6 Å². The van der Waals surface area contributed by atoms with Crippen LogP contribution in [0.15, 0.2) is 35.3 Å². The Balaban J connectivity index is 2.40. The number of halogens is 2. The smallest absolute Gasteiger partial charge is 0.186 e. The molecular formula is C16H18ClFN2O. The number of hydrogen-bond donors (Lipinski definition) is 1. The molecule has 0 unspecified atom stereocenters. The molecule has 0 saturated heterocycles. The number of pyridine rings is 1. The van der Waals surface area contributed by atoms with E-state index in [4.69, 9.17) is 11.6 Å². The van der Waals surface area contributed by atoms with E-state index in [1.807, 2.05) is 11.5 Å². The van der Waals surface area contributed by atoms with Crippen molar-refractivity contribution in [2.45, 2.75) is 26.8 Å². The van der Waals surface area contributed by atoms with Crippen molar-refractivity contribution in [1.29, 1.82) is 0 Å². The molecule has 0 radical (unpaired) electrons. The van der Waals surface area contributed by atoms with Gasteiger partial charge in [0.2, 0.25) is 0 Å². The number of aromatic nitrogens is 1. The van der Waals surface area contributed by atoms with E-state index in [0.29, 0.717) is 12.1 Å². The van der Waals surface area contributed by atoms with Gasteiger partial charge in [-0.15, -0.1) is 0 Å². The largest absolute Gasteiger partial charge is 0.321 e. The zero-order valence-corrected chi connectivity index (χ0v) is 12.9. The summed E-state index contributed by atoms with van der Waals surface area (Å²) in [5.74, 6) is -0.455. The highest BCUT2D eigenvalue weighted by molar-refractivity contribution is 6.30. The van der Waals surface area contributed by atoms with Crippen molar-refractivity contribution in [3.8, 4) is 5.69 Å². The summed E-state index contributed by atoms with van der Waals surface area (Å²) in [5, 5.41) is 3.28. The second-order valence-corrected chi connectivity index (χ2v) is 5.36. The number of hydrogen-bond acceptors (Lipinski definition) is 2. The first-order valence-corrected chi connectivity index (χ1v) is 7.29. The van der Waals surface area contributed by atoms with E-state index in [-0.39, 0.29) is 10.5 Å². The minimum atomic E-state index is -0.455. The molecule has 112 valence electrons. The molecule has 3 nitrogen and oxygen atoms in total. The van der Waals surface area contributed by atoms with E-state index in [9.17, 15) is 9.18 Å². The summed E-state index contributed by atoms with van der Waals surface area (Å²) >= 11 is 5.83. The van der Waals surface area contributed by atoms with Gasteiger partial charge < -0.3 is 9.88 Å². The zero-order valence-electron chi connectivity index (χ0n) is 12.1. The van der Waals surface area contributed by atoms with Crippen LogP contribution >= 0.6 is 11.6 Å². The van der Waals surface area contributed by atoms with Crippen molar-refractivity contribution >= 4 is 11.6 Å². The van der Waals surface area contributed by atoms with Crippen molar-refractivity contribution in [1.82, 2.24) is 9.88 Å². The van der Waals surface area contributed by atoms with Gasteiger partial charge >= 0.3 is 0 Å². The fourth-order valence-corrected chi connectivity index (χ4v) is 2.29. The minimum absolute atomic E-state index is 0.000520. The van der Waals surface area contributed by atoms with Crippen LogP contribution in [0.2, 0.25) is 5.02 Å². The van der Waals surface area contributed by atoms with Crippen molar-refractivity contribution < 1.29 is 4.39 Å². The molecule has 0 spiro atoms. The topological polar surface area (TPSA) is 34.0 Å². The van der Waals surface area contributed by atoms with Crippen molar-refractivity contribution in [2.24, 2.45) is 0 Å². The maximum absolute atomic E-state index is 13.3. The lowest BCUT2D eigenvalue weighted by Gasteiger charge is -2.13. The minimum Gasteiger partial charge on any atom is -0.321 e. The Bertz CT molecular complexity index is 697. The Morgan fingerprint density at radius 3 is 2.76 bits per heavy atom. The van der Waals surface area contributed by atoms with Gasteiger partial charge in [0.25, 0.3) is 0 Å². The third-order valence-electron chi connectivity index (χ3n) is 3.24. The Hall–Kier alpha value is -1.65. The number of rotatable bonds is 5. The van der Waals surface area contributed by atoms with Gasteiger partial charge in [-0.3, -0.25) is 4.79 Å². The summed E-state index contributed by atoms with van der Waals surface area (Å²) in [6.45, 7) is 5.28. The lowest BCUT2D eigenvalue weighted by atomic mass is 10.2. The van der Waals surface area contributed by atoms with Crippen LogP contribution in [0.25, 0.3) is 5.69 Å². The van der Waals surface area contributed by atoms with Gasteiger partial charge in [-0.1, -0.05) is 18.5 Å². The van der Waals surface area contributed by atoms with Crippen LogP contribution in [0.3, 0.4) is 0 Å². The van der Waals surface area contributed by atoms with Gasteiger partial charge in [-0.25, -0.2) is 4.39 Å². The lowest BCUT2D eigenvalue weighted by Crippen LogP contribution is -2.22. The van der Waals surface area contributed by atoms with Crippen molar-refractivity contribution in [3.63, 3.8) is 0 Å². The van der Waals surface area contributed by atoms with E-state index in [1.165, 1.54) is 6.07 Å². The van der Waals surface area contributed by atoms with Gasteiger partial charge in [0.1, 0.15) is 5.82 Å². The molecule has 0 amide bonds. The molecule has 0 aliphatic carbocycles. The molecule has 21 heavy (non-hydrogen) atoms. The van der Waals surface area contributed by atoms with Crippen LogP contribution in [0.5, 0.6) is 0 Å². The molecule has 1 aromatic heterocycles. The standard InChI is InChI=1S/C16H18ClFN2O/c1-3-6-19-9-12-10-20(11(2)7-16(12)21)13-4-5-15(18)14(17)8-13/h4-5,7-8,10,19H,3,6,9H2,1-2H3. The van der Waals surface area contributed by atoms with Crippen molar-refractivity contribution in [3.05, 3.63) is 62.8 Å². The lowest BCUT2D eigenvalue weighted by molar-refractivity contribution is 0.627. The van der Waals surface area contributed by atoms with E-state index in [1.54, 1.807) is 24.4 Å². The van der Waals surface area contributed by atoms with Gasteiger partial charge in [0.05, 0.1) is 5.02 Å². The first kappa shape index (κ1) is 15.7. The van der Waals surface area contributed by atoms with Crippen LogP contribution < -0.4 is 10.7 Å². The molecule has 0 aliphatic rings. The molecule has 1 N–H and O–H groups in total. The predicted octanol–water partition coefficient (Wildman–Crippen LogP) is 3.44. The van der Waals surface area contributed by atoms with E-state index >= 15 is 0 Å². The Morgan fingerprint density at radius 1 is 1.33 bits per heavy atom. The van der Waals surface area contributed by atoms with Crippen LogP contribution in [0.4, 0.5) is 4.39 Å². The summed E-state index contributed by atoms with van der Waals surface area (Å²) in [7, 11) is 0. The fourth-order valence-electron chi connectivity index (χ4n) is 2.12. The normalized spacial score (nSPS) is 10.9. The third kappa shape index (κ3) is 3.71. The molecular weight excluding hydrogens is 291 g/mol. The maximum atomic E-state index is 13.3. The molecule has 5 heteroatoms. The molecule has 2 aromatic rings. The molecule has 2 rings (SSSR count). The van der Waals surface area contributed by atoms with Gasteiger partial charge in [-0.05, 0) is 38.1 Å². The fraction of sp³-hybridized carbons (Fsp3) is 0.312. The first-order valence-electron chi connectivity index (χ1n) is 6.91. The average Bonchev–Trinajstić information content (AvgIpc) is 2.44. The Morgan fingerprint density at radius 2 is 2.10 bits per heavy atom. The summed E-state index contributed by atoms with van der Waals surface area (Å²) in [4.78, 5) is 12.0. The number of nitrogens with zero attached hydrogens (tertiary/aromatic N) is 1. The molecule has 0 bridgehead atoms. The van der Waals surface area contributed by atoms with Crippen LogP contribution in [-0.4, -0.2) is 11.1 Å². The monoisotopic (exact) mass is 308 g/mol. The summed E-state index contributed by atoms with van der Waals surface area (Å²) < 4.78 is 15.1. The second-order valence-electron chi connectivity index (χ2n) is 4.95. The highest BCUT2D eigenvalue weighted by Gasteiger charge is 2.07. The van der Waals surface area contributed by atoms with Crippen molar-refractivity contribution in [2.75, 3.05) is 6.54 Å². The second kappa shape index (κ2) is 6.87. The highest BCUT2D eigenvalue weighted by Crippen LogP contribution is 2.19. The third-order valence-corrected chi connectivity index (χ3v) is 3.53. The summed E-state index contributed by atoms with van der Waals surface area (Å²) in [6.07, 6.45) is 2.79. The number of benzene rings is 1. The van der Waals surface area contributed by atoms with Gasteiger partial charge in [-0.2, -0.15) is 0 Å². The molecule has 1 heterocycles. The average molecular weight is 309 g/mol. The number of nitrogens with one attached hydrogen (secondary N) is 1. The number of aryl methyl sites for hydroxylation is 1. The maximum Gasteiger partial charge on any atom is 0.186 e. The van der Waals surface area contributed by atoms with E-state index < -0.39 is 5.82 Å². The van der Waals surface area contributed by atoms with Crippen LogP contribution in [0, 0.1) is 12.7 Å². The van der Waals surface area contributed by atoms with Gasteiger partial charge in [0.15, 0.2) is 5.43 Å². The highest BCUT2D eigenvalue weighted by atomic mass is 35.5. The summed E-state index contributed by atoms with van der Waals surface area (Å²) in [5.41, 5.74) is 2.19. The predicted molar refractivity (Wildman–Crippen MR) is 83.7 cm³/mol. The molecule has 0 aliphatic heterocycles.